The first-order valence-electron chi connectivity index (χ1n) is 8.07. The van der Waals surface area contributed by atoms with Crippen molar-refractivity contribution in [2.24, 2.45) is 0 Å². The quantitative estimate of drug-likeness (QED) is 0.387. The van der Waals surface area contributed by atoms with E-state index >= 15 is 0 Å². The molecule has 2 rings (SSSR count). The number of Topliss-reactive ketones (excluding diaryl/α,β-unsaturated/α-hetero) is 2. The topological polar surface area (TPSA) is 97.4 Å². The van der Waals surface area contributed by atoms with Gasteiger partial charge in [0.25, 0.3) is 0 Å². The first-order chi connectivity index (χ1) is 13.4. The molecule has 0 atom stereocenters. The van der Waals surface area contributed by atoms with Crippen molar-refractivity contribution in [3.8, 4) is 23.0 Å². The van der Waals surface area contributed by atoms with Crippen LogP contribution in [-0.2, 0) is 4.74 Å². The Morgan fingerprint density at radius 1 is 0.643 bits per heavy atom. The van der Waals surface area contributed by atoms with Crippen molar-refractivity contribution in [2.45, 2.75) is 0 Å². The van der Waals surface area contributed by atoms with Gasteiger partial charge in [0.1, 0.15) is 11.3 Å². The Hall–Kier alpha value is -3.55. The molecule has 0 amide bonds. The molecular weight excluding hydrogens is 368 g/mol. The molecule has 0 radical (unpaired) electrons. The van der Waals surface area contributed by atoms with Crippen molar-refractivity contribution in [2.75, 3.05) is 35.5 Å². The molecule has 8 nitrogen and oxygen atoms in total. The van der Waals surface area contributed by atoms with Gasteiger partial charge in [-0.15, -0.1) is 0 Å². The van der Waals surface area contributed by atoms with E-state index in [0.717, 1.165) is 0 Å². The highest BCUT2D eigenvalue weighted by Gasteiger charge is 2.24. The Morgan fingerprint density at radius 3 is 1.61 bits per heavy atom. The van der Waals surface area contributed by atoms with Crippen LogP contribution >= 0.6 is 0 Å². The van der Waals surface area contributed by atoms with Crippen LogP contribution in [0.15, 0.2) is 30.3 Å². The third-order valence-electron chi connectivity index (χ3n) is 4.00. The average Bonchev–Trinajstić information content (AvgIpc) is 2.75. The molecule has 28 heavy (non-hydrogen) atoms. The summed E-state index contributed by atoms with van der Waals surface area (Å²) in [5, 5.41) is 0. The van der Waals surface area contributed by atoms with E-state index in [1.54, 1.807) is 0 Å². The molecule has 0 bridgehead atoms. The van der Waals surface area contributed by atoms with Gasteiger partial charge in [0.2, 0.25) is 17.3 Å². The molecular formula is C20H20O8. The van der Waals surface area contributed by atoms with Gasteiger partial charge < -0.3 is 23.7 Å². The number of carbonyl (C=O) groups excluding carboxylic acids is 3. The van der Waals surface area contributed by atoms with Gasteiger partial charge in [-0.1, -0.05) is 0 Å². The van der Waals surface area contributed by atoms with Gasteiger partial charge in [0, 0.05) is 11.1 Å². The molecule has 0 aliphatic carbocycles. The number of esters is 1. The molecule has 2 aromatic rings. The number of rotatable bonds is 8. The van der Waals surface area contributed by atoms with Crippen molar-refractivity contribution >= 4 is 17.5 Å². The fraction of sp³-hybridized carbons (Fsp3) is 0.250. The summed E-state index contributed by atoms with van der Waals surface area (Å²) in [6, 6.07) is 6.81. The van der Waals surface area contributed by atoms with Crippen molar-refractivity contribution < 1.29 is 38.1 Å². The fourth-order valence-corrected chi connectivity index (χ4v) is 2.59. The normalized spacial score (nSPS) is 10.0. The summed E-state index contributed by atoms with van der Waals surface area (Å²) in [4.78, 5) is 37.1. The molecule has 0 spiro atoms. The molecule has 8 heteroatoms. The largest absolute Gasteiger partial charge is 0.496 e. The Labute approximate surface area is 161 Å². The summed E-state index contributed by atoms with van der Waals surface area (Å²) in [5.41, 5.74) is 0.264. The lowest BCUT2D eigenvalue weighted by Crippen LogP contribution is -2.16. The molecule has 0 saturated carbocycles. The maximum absolute atomic E-state index is 12.7. The van der Waals surface area contributed by atoms with Crippen molar-refractivity contribution in [3.05, 3.63) is 47.0 Å². The van der Waals surface area contributed by atoms with E-state index in [2.05, 4.69) is 4.74 Å². The van der Waals surface area contributed by atoms with Gasteiger partial charge >= 0.3 is 5.97 Å². The number of ether oxygens (including phenoxy) is 5. The van der Waals surface area contributed by atoms with Crippen LogP contribution in [0.3, 0.4) is 0 Å². The zero-order valence-electron chi connectivity index (χ0n) is 16.2. The maximum atomic E-state index is 12.7. The van der Waals surface area contributed by atoms with E-state index in [1.807, 2.05) is 0 Å². The lowest BCUT2D eigenvalue weighted by Gasteiger charge is -2.13. The third kappa shape index (κ3) is 3.90. The van der Waals surface area contributed by atoms with E-state index in [4.69, 9.17) is 18.9 Å². The zero-order chi connectivity index (χ0) is 20.8. The van der Waals surface area contributed by atoms with Crippen molar-refractivity contribution in [1.82, 2.24) is 0 Å². The van der Waals surface area contributed by atoms with Crippen LogP contribution in [0, 0.1) is 0 Å². The predicted octanol–water partition coefficient (Wildman–Crippen LogP) is 2.57. The standard InChI is InChI=1S/C20H20O8/c1-24-14-8-11(6-7-13(14)20(23)28-5)17(21)18(22)12-9-15(25-2)19(27-4)16(10-12)26-3/h6-10H,1-5H3. The molecule has 2 aromatic carbocycles. The van der Waals surface area contributed by atoms with Crippen LogP contribution in [-0.4, -0.2) is 53.1 Å². The third-order valence-corrected chi connectivity index (χ3v) is 4.00. The van der Waals surface area contributed by atoms with Crippen LogP contribution in [0.25, 0.3) is 0 Å². The average molecular weight is 388 g/mol. The van der Waals surface area contributed by atoms with Crippen LogP contribution < -0.4 is 18.9 Å². The molecule has 0 N–H and O–H groups in total. The first kappa shape index (κ1) is 20.8. The van der Waals surface area contributed by atoms with Crippen LogP contribution in [0.1, 0.15) is 31.1 Å². The van der Waals surface area contributed by atoms with E-state index in [9.17, 15) is 14.4 Å². The van der Waals surface area contributed by atoms with Crippen LogP contribution in [0.5, 0.6) is 23.0 Å². The number of carbonyl (C=O) groups is 3. The Kier molecular flexibility index (Phi) is 6.59. The SMILES string of the molecule is COC(=O)c1ccc(C(=O)C(=O)c2cc(OC)c(OC)c(OC)c2)cc1OC. The highest BCUT2D eigenvalue weighted by molar-refractivity contribution is 6.49. The molecule has 0 saturated heterocycles. The number of methoxy groups -OCH3 is 5. The fourth-order valence-electron chi connectivity index (χ4n) is 2.59. The highest BCUT2D eigenvalue weighted by atomic mass is 16.5. The first-order valence-corrected chi connectivity index (χ1v) is 8.07. The smallest absolute Gasteiger partial charge is 0.341 e. The van der Waals surface area contributed by atoms with Gasteiger partial charge in [0.15, 0.2) is 11.5 Å². The maximum Gasteiger partial charge on any atom is 0.341 e. The van der Waals surface area contributed by atoms with E-state index in [0.29, 0.717) is 5.75 Å². The molecule has 0 aliphatic heterocycles. The summed E-state index contributed by atoms with van der Waals surface area (Å²) in [7, 11) is 6.82. The minimum atomic E-state index is -0.788. The van der Waals surface area contributed by atoms with Crippen LogP contribution in [0.4, 0.5) is 0 Å². The lowest BCUT2D eigenvalue weighted by atomic mass is 9.99. The minimum Gasteiger partial charge on any atom is -0.496 e. The number of benzene rings is 2. The van der Waals surface area contributed by atoms with E-state index in [-0.39, 0.29) is 33.9 Å². The van der Waals surface area contributed by atoms with Crippen LogP contribution in [0.2, 0.25) is 0 Å². The van der Waals surface area contributed by atoms with Gasteiger partial charge in [-0.25, -0.2) is 4.79 Å². The summed E-state index contributed by atoms with van der Waals surface area (Å²) < 4.78 is 25.4. The Morgan fingerprint density at radius 2 is 1.14 bits per heavy atom. The van der Waals surface area contributed by atoms with E-state index in [1.165, 1.54) is 65.9 Å². The second-order valence-corrected chi connectivity index (χ2v) is 5.48. The minimum absolute atomic E-state index is 0.0586. The summed E-state index contributed by atoms with van der Waals surface area (Å²) in [6.07, 6.45) is 0. The second-order valence-electron chi connectivity index (χ2n) is 5.48. The summed E-state index contributed by atoms with van der Waals surface area (Å²) in [5.74, 6) is -1.27. The van der Waals surface area contributed by atoms with Gasteiger partial charge in [0.05, 0.1) is 35.5 Å². The monoisotopic (exact) mass is 388 g/mol. The predicted molar refractivity (Wildman–Crippen MR) is 99.1 cm³/mol. The summed E-state index contributed by atoms with van der Waals surface area (Å²) >= 11 is 0. The van der Waals surface area contributed by atoms with Gasteiger partial charge in [-0.2, -0.15) is 0 Å². The Bertz CT molecular complexity index is 891. The van der Waals surface area contributed by atoms with E-state index < -0.39 is 17.5 Å². The van der Waals surface area contributed by atoms with Crippen molar-refractivity contribution in [3.63, 3.8) is 0 Å². The number of hydrogen-bond acceptors (Lipinski definition) is 8. The highest BCUT2D eigenvalue weighted by Crippen LogP contribution is 2.38. The molecule has 0 aliphatic rings. The molecule has 0 heterocycles. The van der Waals surface area contributed by atoms with Gasteiger partial charge in [-0.05, 0) is 30.3 Å². The zero-order valence-corrected chi connectivity index (χ0v) is 16.2. The molecule has 148 valence electrons. The molecule has 0 fully saturated rings. The summed E-state index contributed by atoms with van der Waals surface area (Å²) in [6.45, 7) is 0. The Balaban J connectivity index is 2.45. The molecule has 0 aromatic heterocycles. The van der Waals surface area contributed by atoms with Gasteiger partial charge in [-0.3, -0.25) is 9.59 Å². The number of ketones is 2. The lowest BCUT2D eigenvalue weighted by molar-refractivity contribution is 0.0596. The van der Waals surface area contributed by atoms with Crippen molar-refractivity contribution in [1.29, 1.82) is 0 Å². The number of hydrogen-bond donors (Lipinski definition) is 0. The molecule has 0 unspecified atom stereocenters. The second kappa shape index (κ2) is 8.90.